The van der Waals surface area contributed by atoms with Gasteiger partial charge in [-0.05, 0) is 29.8 Å². The predicted molar refractivity (Wildman–Crippen MR) is 84.7 cm³/mol. The fourth-order valence-electron chi connectivity index (χ4n) is 1.92. The van der Waals surface area contributed by atoms with Crippen LogP contribution in [0.1, 0.15) is 5.56 Å². The van der Waals surface area contributed by atoms with E-state index in [0.717, 1.165) is 22.2 Å². The fraction of sp³-hybridized carbons (Fsp3) is 0.200. The lowest BCUT2D eigenvalue weighted by molar-refractivity contribution is -0.119. The van der Waals surface area contributed by atoms with Crippen molar-refractivity contribution >= 4 is 21.6 Å². The Kier molecular flexibility index (Phi) is 5.28. The Morgan fingerprint density at radius 1 is 1.30 bits per heavy atom. The Morgan fingerprint density at radius 3 is 2.70 bits per heavy atom. The van der Waals surface area contributed by atoms with E-state index < -0.39 is 28.3 Å². The van der Waals surface area contributed by atoms with Crippen molar-refractivity contribution < 1.29 is 17.6 Å². The maximum atomic E-state index is 13.3. The molecule has 0 saturated carbocycles. The molecule has 0 aliphatic rings. The molecule has 6 nitrogen and oxygen atoms in total. The minimum atomic E-state index is -3.72. The van der Waals surface area contributed by atoms with Crippen LogP contribution >= 0.6 is 0 Å². The Balaban J connectivity index is 2.08. The lowest BCUT2D eigenvalue weighted by Gasteiger charge is -2.21. The van der Waals surface area contributed by atoms with Crippen molar-refractivity contribution in [3.8, 4) is 0 Å². The Hall–Kier alpha value is -2.48. The number of aromatic nitrogens is 1. The third kappa shape index (κ3) is 5.03. The molecule has 122 valence electrons. The molecule has 23 heavy (non-hydrogen) atoms. The highest BCUT2D eigenvalue weighted by molar-refractivity contribution is 7.92. The average Bonchev–Trinajstić information content (AvgIpc) is 2.50. The van der Waals surface area contributed by atoms with Crippen LogP contribution in [0.15, 0.2) is 48.8 Å². The molecule has 1 aromatic carbocycles. The topological polar surface area (TPSA) is 79.4 Å². The zero-order valence-corrected chi connectivity index (χ0v) is 13.3. The Labute approximate surface area is 134 Å². The van der Waals surface area contributed by atoms with Crippen molar-refractivity contribution in [2.24, 2.45) is 0 Å². The van der Waals surface area contributed by atoms with Gasteiger partial charge >= 0.3 is 0 Å². The van der Waals surface area contributed by atoms with E-state index in [0.29, 0.717) is 0 Å². The summed E-state index contributed by atoms with van der Waals surface area (Å²) in [7, 11) is -3.72. The lowest BCUT2D eigenvalue weighted by Crippen LogP contribution is -2.40. The minimum absolute atomic E-state index is 0.101. The van der Waals surface area contributed by atoms with Crippen LogP contribution in [-0.4, -0.2) is 32.1 Å². The van der Waals surface area contributed by atoms with Crippen molar-refractivity contribution in [2.45, 2.75) is 6.54 Å². The number of sulfonamides is 1. The van der Waals surface area contributed by atoms with Crippen LogP contribution in [0, 0.1) is 5.82 Å². The number of benzene rings is 1. The van der Waals surface area contributed by atoms with E-state index in [1.54, 1.807) is 24.5 Å². The van der Waals surface area contributed by atoms with Gasteiger partial charge in [-0.15, -0.1) is 0 Å². The third-order valence-corrected chi connectivity index (χ3v) is 4.14. The first-order valence-corrected chi connectivity index (χ1v) is 8.60. The number of nitrogens with one attached hydrogen (secondary N) is 1. The Morgan fingerprint density at radius 2 is 2.09 bits per heavy atom. The number of hydrogen-bond donors (Lipinski definition) is 1. The average molecular weight is 337 g/mol. The number of carbonyl (C=O) groups excluding carboxylic acids is 1. The predicted octanol–water partition coefficient (Wildman–Crippen LogP) is 1.30. The molecule has 0 unspecified atom stereocenters. The lowest BCUT2D eigenvalue weighted by atomic mass is 10.3. The van der Waals surface area contributed by atoms with Crippen LogP contribution in [0.3, 0.4) is 0 Å². The van der Waals surface area contributed by atoms with Gasteiger partial charge in [-0.1, -0.05) is 12.1 Å². The molecule has 0 fully saturated rings. The van der Waals surface area contributed by atoms with Crippen molar-refractivity contribution in [3.05, 3.63) is 60.2 Å². The molecule has 0 aliphatic carbocycles. The molecular formula is C15H16FN3O3S. The van der Waals surface area contributed by atoms with Crippen LogP contribution < -0.4 is 9.62 Å². The van der Waals surface area contributed by atoms with E-state index >= 15 is 0 Å². The minimum Gasteiger partial charge on any atom is -0.350 e. The standard InChI is InChI=1S/C15H16FN3O3S/c1-23(21,22)19(14-6-2-5-13(16)8-14)11-15(20)18-10-12-4-3-7-17-9-12/h2-9H,10-11H2,1H3,(H,18,20). The van der Waals surface area contributed by atoms with Crippen molar-refractivity contribution in [1.82, 2.24) is 10.3 Å². The van der Waals surface area contributed by atoms with Gasteiger partial charge in [-0.3, -0.25) is 14.1 Å². The van der Waals surface area contributed by atoms with Gasteiger partial charge in [0.1, 0.15) is 12.4 Å². The van der Waals surface area contributed by atoms with E-state index in [-0.39, 0.29) is 12.2 Å². The zero-order chi connectivity index (χ0) is 16.9. The van der Waals surface area contributed by atoms with Gasteiger partial charge in [0.05, 0.1) is 11.9 Å². The molecule has 2 aromatic rings. The summed E-state index contributed by atoms with van der Waals surface area (Å²) in [6.45, 7) is -0.198. The van der Waals surface area contributed by atoms with Gasteiger partial charge in [0.2, 0.25) is 15.9 Å². The van der Waals surface area contributed by atoms with Crippen molar-refractivity contribution in [1.29, 1.82) is 0 Å². The number of pyridine rings is 1. The maximum absolute atomic E-state index is 13.3. The Bertz CT molecular complexity index is 782. The molecule has 1 N–H and O–H groups in total. The molecule has 0 bridgehead atoms. The van der Waals surface area contributed by atoms with Crippen LogP contribution in [0.25, 0.3) is 0 Å². The largest absolute Gasteiger partial charge is 0.350 e. The zero-order valence-electron chi connectivity index (χ0n) is 12.4. The molecule has 0 spiro atoms. The van der Waals surface area contributed by atoms with Gasteiger partial charge in [-0.25, -0.2) is 12.8 Å². The second-order valence-corrected chi connectivity index (χ2v) is 6.79. The highest BCUT2D eigenvalue weighted by Crippen LogP contribution is 2.18. The monoisotopic (exact) mass is 337 g/mol. The number of rotatable bonds is 6. The van der Waals surface area contributed by atoms with E-state index in [9.17, 15) is 17.6 Å². The molecular weight excluding hydrogens is 321 g/mol. The normalized spacial score (nSPS) is 11.0. The van der Waals surface area contributed by atoms with E-state index in [4.69, 9.17) is 0 Å². The highest BCUT2D eigenvalue weighted by Gasteiger charge is 2.21. The summed E-state index contributed by atoms with van der Waals surface area (Å²) < 4.78 is 37.9. The molecule has 0 saturated heterocycles. The number of nitrogens with zero attached hydrogens (tertiary/aromatic N) is 2. The second kappa shape index (κ2) is 7.19. The van der Waals surface area contributed by atoms with Crippen LogP contribution in [0.5, 0.6) is 0 Å². The molecule has 8 heteroatoms. The van der Waals surface area contributed by atoms with Crippen LogP contribution in [0.2, 0.25) is 0 Å². The summed E-state index contributed by atoms with van der Waals surface area (Å²) in [5, 5.41) is 2.61. The molecule has 2 rings (SSSR count). The molecule has 0 aliphatic heterocycles. The number of hydrogen-bond acceptors (Lipinski definition) is 4. The summed E-state index contributed by atoms with van der Waals surface area (Å²) in [5.74, 6) is -1.07. The number of halogens is 1. The molecule has 1 aromatic heterocycles. The van der Waals surface area contributed by atoms with Gasteiger partial charge < -0.3 is 5.32 Å². The van der Waals surface area contributed by atoms with Gasteiger partial charge in [0, 0.05) is 18.9 Å². The summed E-state index contributed by atoms with van der Waals surface area (Å²) in [6, 6.07) is 8.60. The van der Waals surface area contributed by atoms with Gasteiger partial charge in [0.25, 0.3) is 0 Å². The van der Waals surface area contributed by atoms with Gasteiger partial charge in [-0.2, -0.15) is 0 Å². The van der Waals surface area contributed by atoms with E-state index in [1.807, 2.05) is 0 Å². The van der Waals surface area contributed by atoms with Crippen LogP contribution in [0.4, 0.5) is 10.1 Å². The third-order valence-electron chi connectivity index (χ3n) is 3.00. The quantitative estimate of drug-likeness (QED) is 0.862. The maximum Gasteiger partial charge on any atom is 0.241 e. The van der Waals surface area contributed by atoms with Gasteiger partial charge in [0.15, 0.2) is 0 Å². The first kappa shape index (κ1) is 16.9. The first-order valence-electron chi connectivity index (χ1n) is 6.75. The SMILES string of the molecule is CS(=O)(=O)N(CC(=O)NCc1cccnc1)c1cccc(F)c1. The summed E-state index contributed by atoms with van der Waals surface area (Å²) >= 11 is 0. The molecule has 1 amide bonds. The van der Waals surface area contributed by atoms with Crippen molar-refractivity contribution in [3.63, 3.8) is 0 Å². The molecule has 0 atom stereocenters. The highest BCUT2D eigenvalue weighted by atomic mass is 32.2. The smallest absolute Gasteiger partial charge is 0.241 e. The van der Waals surface area contributed by atoms with E-state index in [1.165, 1.54) is 18.2 Å². The molecule has 0 radical (unpaired) electrons. The number of amides is 1. The number of anilines is 1. The van der Waals surface area contributed by atoms with E-state index in [2.05, 4.69) is 10.3 Å². The first-order chi connectivity index (χ1) is 10.9. The molecule has 1 heterocycles. The fourth-order valence-corrected chi connectivity index (χ4v) is 2.77. The second-order valence-electron chi connectivity index (χ2n) is 4.89. The summed E-state index contributed by atoms with van der Waals surface area (Å²) in [6.07, 6.45) is 4.17. The van der Waals surface area contributed by atoms with Crippen LogP contribution in [-0.2, 0) is 21.4 Å². The summed E-state index contributed by atoms with van der Waals surface area (Å²) in [5.41, 5.74) is 0.890. The van der Waals surface area contributed by atoms with Crippen molar-refractivity contribution in [2.75, 3.05) is 17.1 Å². The summed E-state index contributed by atoms with van der Waals surface area (Å²) in [4.78, 5) is 15.9. The number of carbonyl (C=O) groups is 1.